The van der Waals surface area contributed by atoms with Crippen molar-refractivity contribution in [1.82, 2.24) is 4.98 Å². The zero-order valence-electron chi connectivity index (χ0n) is 19.8. The Labute approximate surface area is 209 Å². The normalized spacial score (nSPS) is 10.2. The summed E-state index contributed by atoms with van der Waals surface area (Å²) in [5.41, 5.74) is -0.295. The monoisotopic (exact) mass is 510 g/mol. The molecular weight excluding hydrogens is 488 g/mol. The Morgan fingerprint density at radius 1 is 0.757 bits per heavy atom. The quantitative estimate of drug-likeness (QED) is 0.262. The van der Waals surface area contributed by atoms with Crippen molar-refractivity contribution in [1.29, 1.82) is 0 Å². The lowest BCUT2D eigenvalue weighted by Crippen LogP contribution is -2.16. The number of carbonyl (C=O) groups is 4. The number of aromatic hydroxyl groups is 2. The summed E-state index contributed by atoms with van der Waals surface area (Å²) in [6.07, 6.45) is 1.30. The van der Waals surface area contributed by atoms with Gasteiger partial charge in [0, 0.05) is 6.92 Å². The van der Waals surface area contributed by atoms with E-state index in [0.29, 0.717) is 5.69 Å². The van der Waals surface area contributed by atoms with Gasteiger partial charge < -0.3 is 40.7 Å². The van der Waals surface area contributed by atoms with Crippen LogP contribution < -0.4 is 25.4 Å². The van der Waals surface area contributed by atoms with Gasteiger partial charge in [-0.1, -0.05) is 0 Å². The van der Waals surface area contributed by atoms with Gasteiger partial charge in [0.2, 0.25) is 5.91 Å². The average Bonchev–Trinajstić information content (AvgIpc) is 2.84. The molecule has 0 aliphatic heterocycles. The third kappa shape index (κ3) is 5.67. The topological polar surface area (TPSA) is 196 Å². The Morgan fingerprint density at radius 3 is 1.78 bits per heavy atom. The number of rotatable bonds is 8. The number of carboxylic acids is 1. The van der Waals surface area contributed by atoms with Crippen LogP contribution in [0, 0.1) is 0 Å². The Kier molecular flexibility index (Phi) is 7.77. The molecule has 0 spiro atoms. The van der Waals surface area contributed by atoms with E-state index in [0.717, 1.165) is 6.07 Å². The first-order chi connectivity index (χ1) is 17.6. The van der Waals surface area contributed by atoms with Gasteiger partial charge in [-0.25, -0.2) is 9.78 Å². The number of aromatic nitrogens is 1. The van der Waals surface area contributed by atoms with Crippen molar-refractivity contribution in [2.45, 2.75) is 6.92 Å². The molecule has 1 aromatic heterocycles. The van der Waals surface area contributed by atoms with Gasteiger partial charge in [-0.2, -0.15) is 0 Å². The highest BCUT2D eigenvalue weighted by Gasteiger charge is 2.23. The smallest absolute Gasteiger partial charge is 0.339 e. The van der Waals surface area contributed by atoms with Crippen LogP contribution in [0.5, 0.6) is 23.0 Å². The van der Waals surface area contributed by atoms with Gasteiger partial charge in [-0.05, 0) is 36.4 Å². The molecule has 0 unspecified atom stereocenters. The summed E-state index contributed by atoms with van der Waals surface area (Å²) >= 11 is 0. The number of benzene rings is 2. The largest absolute Gasteiger partial charge is 0.504 e. The molecule has 1 heterocycles. The van der Waals surface area contributed by atoms with E-state index in [2.05, 4.69) is 20.9 Å². The van der Waals surface area contributed by atoms with Crippen LogP contribution in [0.1, 0.15) is 38.1 Å². The molecule has 192 valence electrons. The van der Waals surface area contributed by atoms with E-state index in [1.165, 1.54) is 57.7 Å². The fraction of sp³-hybridized carbons (Fsp3) is 0.125. The van der Waals surface area contributed by atoms with E-state index in [1.54, 1.807) is 0 Å². The second-order valence-corrected chi connectivity index (χ2v) is 7.41. The Hall–Kier alpha value is -5.33. The third-order valence-corrected chi connectivity index (χ3v) is 4.96. The highest BCUT2D eigenvalue weighted by Crippen LogP contribution is 2.40. The second kappa shape index (κ2) is 10.9. The zero-order chi connectivity index (χ0) is 27.3. The van der Waals surface area contributed by atoms with Crippen LogP contribution in [-0.4, -0.2) is 58.2 Å². The number of hydrogen-bond acceptors (Lipinski definition) is 9. The first-order valence-electron chi connectivity index (χ1n) is 10.5. The number of amides is 3. The van der Waals surface area contributed by atoms with Crippen LogP contribution in [0.25, 0.3) is 0 Å². The van der Waals surface area contributed by atoms with Gasteiger partial charge in [0.15, 0.2) is 23.0 Å². The predicted octanol–water partition coefficient (Wildman–Crippen LogP) is 2.67. The summed E-state index contributed by atoms with van der Waals surface area (Å²) in [6, 6.07) is 7.69. The number of phenolic OH excluding ortho intramolecular Hbond substituents is 1. The molecule has 0 atom stereocenters. The Morgan fingerprint density at radius 2 is 1.30 bits per heavy atom. The van der Waals surface area contributed by atoms with E-state index in [9.17, 15) is 29.4 Å². The van der Waals surface area contributed by atoms with Gasteiger partial charge >= 0.3 is 5.97 Å². The molecule has 13 nitrogen and oxygen atoms in total. The maximum Gasteiger partial charge on any atom is 0.339 e. The number of hydrogen-bond donors (Lipinski definition) is 6. The first-order valence-corrected chi connectivity index (χ1v) is 10.5. The minimum Gasteiger partial charge on any atom is -0.504 e. The number of carboxylic acid groups (broad SMARTS) is 1. The fourth-order valence-corrected chi connectivity index (χ4v) is 3.29. The van der Waals surface area contributed by atoms with E-state index < -0.39 is 34.8 Å². The molecule has 0 aliphatic carbocycles. The predicted molar refractivity (Wildman–Crippen MR) is 131 cm³/mol. The lowest BCUT2D eigenvalue weighted by atomic mass is 10.1. The third-order valence-electron chi connectivity index (χ3n) is 4.96. The van der Waals surface area contributed by atoms with Gasteiger partial charge in [0.25, 0.3) is 11.8 Å². The van der Waals surface area contributed by atoms with Crippen molar-refractivity contribution < 1.29 is 44.0 Å². The molecule has 37 heavy (non-hydrogen) atoms. The number of anilines is 3. The number of nitrogens with zero attached hydrogens (tertiary/aromatic N) is 1. The molecule has 0 radical (unpaired) electrons. The van der Waals surface area contributed by atoms with Crippen LogP contribution >= 0.6 is 0 Å². The van der Waals surface area contributed by atoms with Crippen LogP contribution in [-0.2, 0) is 4.79 Å². The number of pyridine rings is 1. The average molecular weight is 510 g/mol. The van der Waals surface area contributed by atoms with Crippen molar-refractivity contribution >= 4 is 40.8 Å². The minimum absolute atomic E-state index is 0.00850. The number of carbonyl (C=O) groups excluding carboxylic acids is 3. The maximum absolute atomic E-state index is 12.9. The molecule has 3 rings (SSSR count). The van der Waals surface area contributed by atoms with Gasteiger partial charge in [-0.15, -0.1) is 0 Å². The second-order valence-electron chi connectivity index (χ2n) is 7.41. The van der Waals surface area contributed by atoms with Crippen LogP contribution in [0.15, 0.2) is 42.6 Å². The summed E-state index contributed by atoms with van der Waals surface area (Å²) in [7, 11) is 2.40. The molecule has 0 aliphatic rings. The Balaban J connectivity index is 1.84. The Bertz CT molecular complexity index is 1390. The highest BCUT2D eigenvalue weighted by molar-refractivity contribution is 6.10. The molecule has 0 saturated heterocycles. The van der Waals surface area contributed by atoms with Crippen molar-refractivity contribution in [3.8, 4) is 23.0 Å². The van der Waals surface area contributed by atoms with Crippen molar-refractivity contribution in [3.63, 3.8) is 0 Å². The molecule has 6 N–H and O–H groups in total. The number of phenols is 2. The van der Waals surface area contributed by atoms with Gasteiger partial charge in [-0.3, -0.25) is 14.4 Å². The SMILES string of the molecule is COc1c(NC(=O)c2ccc(NC(=O)c3ccc(NC(C)=O)cn3)c(OC)c2O)ccc(C(=O)O)c1O. The summed E-state index contributed by atoms with van der Waals surface area (Å²) in [4.78, 5) is 51.8. The van der Waals surface area contributed by atoms with E-state index in [4.69, 9.17) is 14.6 Å². The minimum atomic E-state index is -1.40. The maximum atomic E-state index is 12.9. The number of ether oxygens (including phenoxy) is 2. The molecular formula is C24H22N4O9. The standard InChI is InChI=1S/C24H22N4O9/c1-11(29)26-12-4-7-17(25-10-12)23(33)28-16-8-5-13(18(30)20(16)36-2)22(32)27-15-9-6-14(24(34)35)19(31)21(15)37-3/h4-10,30-31H,1-3H3,(H,26,29)(H,27,32)(H,28,33)(H,34,35). The van der Waals surface area contributed by atoms with Crippen molar-refractivity contribution in [3.05, 3.63) is 59.4 Å². The molecule has 3 aromatic rings. The van der Waals surface area contributed by atoms with E-state index >= 15 is 0 Å². The van der Waals surface area contributed by atoms with Gasteiger partial charge in [0.05, 0.1) is 43.0 Å². The molecule has 13 heteroatoms. The summed E-state index contributed by atoms with van der Waals surface area (Å²) in [6.45, 7) is 1.33. The van der Waals surface area contributed by atoms with E-state index in [-0.39, 0.29) is 40.0 Å². The summed E-state index contributed by atoms with van der Waals surface area (Å²) in [5, 5.41) is 37.4. The van der Waals surface area contributed by atoms with Crippen LogP contribution in [0.2, 0.25) is 0 Å². The zero-order valence-corrected chi connectivity index (χ0v) is 19.8. The van der Waals surface area contributed by atoms with Crippen LogP contribution in [0.3, 0.4) is 0 Å². The van der Waals surface area contributed by atoms with E-state index in [1.807, 2.05) is 0 Å². The van der Waals surface area contributed by atoms with Crippen molar-refractivity contribution in [2.75, 3.05) is 30.2 Å². The molecule has 0 bridgehead atoms. The van der Waals surface area contributed by atoms with Crippen LogP contribution in [0.4, 0.5) is 17.1 Å². The first kappa shape index (κ1) is 26.3. The number of methoxy groups -OCH3 is 2. The molecule has 0 fully saturated rings. The fourth-order valence-electron chi connectivity index (χ4n) is 3.29. The number of aromatic carboxylic acids is 1. The summed E-state index contributed by atoms with van der Waals surface area (Å²) < 4.78 is 10.2. The molecule has 2 aromatic carbocycles. The van der Waals surface area contributed by atoms with Crippen molar-refractivity contribution in [2.24, 2.45) is 0 Å². The van der Waals surface area contributed by atoms with Gasteiger partial charge in [0.1, 0.15) is 11.3 Å². The summed E-state index contributed by atoms with van der Waals surface area (Å²) in [5.74, 6) is -4.98. The lowest BCUT2D eigenvalue weighted by Gasteiger charge is -2.16. The number of nitrogens with one attached hydrogen (secondary N) is 3. The molecule has 0 saturated carbocycles. The lowest BCUT2D eigenvalue weighted by molar-refractivity contribution is -0.114. The molecule has 3 amide bonds. The highest BCUT2D eigenvalue weighted by atomic mass is 16.5.